The number of aryl methyl sites for hydroxylation is 2. The molecular weight excluding hydrogens is 384 g/mol. The van der Waals surface area contributed by atoms with Gasteiger partial charge in [-0.1, -0.05) is 6.07 Å². The lowest BCUT2D eigenvalue weighted by Crippen LogP contribution is -2.41. The van der Waals surface area contributed by atoms with Crippen molar-refractivity contribution in [3.05, 3.63) is 59.2 Å². The van der Waals surface area contributed by atoms with Crippen LogP contribution >= 0.6 is 0 Å². The molecular formula is C22H26N4O4. The molecule has 0 aliphatic carbocycles. The van der Waals surface area contributed by atoms with E-state index in [2.05, 4.69) is 21.2 Å². The van der Waals surface area contributed by atoms with Gasteiger partial charge in [0.05, 0.1) is 6.21 Å². The number of nitrogens with one attached hydrogen (secondary N) is 3. The van der Waals surface area contributed by atoms with Crippen LogP contribution < -0.4 is 20.8 Å². The Balaban J connectivity index is 1.80. The number of nitrogens with zero attached hydrogens (tertiary/aromatic N) is 1. The third-order valence-corrected chi connectivity index (χ3v) is 3.76. The van der Waals surface area contributed by atoms with Gasteiger partial charge in [0, 0.05) is 11.7 Å². The van der Waals surface area contributed by atoms with Gasteiger partial charge in [-0.15, -0.1) is 0 Å². The topological polar surface area (TPSA) is 109 Å². The number of hydrogen-bond acceptors (Lipinski definition) is 5. The molecule has 0 aliphatic rings. The normalized spacial score (nSPS) is 10.7. The molecule has 0 saturated carbocycles. The van der Waals surface area contributed by atoms with Crippen LogP contribution in [0.5, 0.6) is 5.75 Å². The highest BCUT2D eigenvalue weighted by molar-refractivity contribution is 6.35. The number of benzene rings is 2. The number of ether oxygens (including phenoxy) is 1. The maximum Gasteiger partial charge on any atom is 0.329 e. The quantitative estimate of drug-likeness (QED) is 0.370. The Hall–Kier alpha value is -3.68. The lowest BCUT2D eigenvalue weighted by atomic mass is 10.1. The van der Waals surface area contributed by atoms with Crippen LogP contribution in [0, 0.1) is 13.8 Å². The van der Waals surface area contributed by atoms with Crippen molar-refractivity contribution in [2.45, 2.75) is 33.7 Å². The van der Waals surface area contributed by atoms with Gasteiger partial charge in [0.25, 0.3) is 5.91 Å². The molecule has 3 amide bonds. The number of amides is 3. The molecule has 0 bridgehead atoms. The van der Waals surface area contributed by atoms with Crippen LogP contribution in [-0.2, 0) is 14.4 Å². The zero-order valence-corrected chi connectivity index (χ0v) is 17.5. The predicted molar refractivity (Wildman–Crippen MR) is 115 cm³/mol. The van der Waals surface area contributed by atoms with Crippen molar-refractivity contribution in [2.75, 3.05) is 11.9 Å². The minimum atomic E-state index is -0.838. The van der Waals surface area contributed by atoms with E-state index in [4.69, 9.17) is 4.74 Å². The number of carbonyl (C=O) groups is 3. The van der Waals surface area contributed by atoms with E-state index in [0.29, 0.717) is 11.3 Å². The van der Waals surface area contributed by atoms with Gasteiger partial charge in [-0.2, -0.15) is 5.10 Å². The van der Waals surface area contributed by atoms with Gasteiger partial charge < -0.3 is 15.4 Å². The first-order valence-electron chi connectivity index (χ1n) is 9.48. The first kappa shape index (κ1) is 22.6. The van der Waals surface area contributed by atoms with E-state index in [-0.39, 0.29) is 18.6 Å². The maximum atomic E-state index is 12.1. The molecule has 2 aromatic rings. The lowest BCUT2D eigenvalue weighted by Gasteiger charge is -2.09. The van der Waals surface area contributed by atoms with Crippen LogP contribution in [0.15, 0.2) is 47.6 Å². The fraction of sp³-hybridized carbons (Fsp3) is 0.273. The Morgan fingerprint density at radius 1 is 1.00 bits per heavy atom. The molecule has 3 N–H and O–H groups in total. The van der Waals surface area contributed by atoms with Crippen LogP contribution in [0.4, 0.5) is 5.69 Å². The van der Waals surface area contributed by atoms with E-state index in [1.165, 1.54) is 6.21 Å². The Labute approximate surface area is 175 Å². The summed E-state index contributed by atoms with van der Waals surface area (Å²) < 4.78 is 5.49. The molecule has 0 aromatic heterocycles. The Bertz CT molecular complexity index is 916. The highest BCUT2D eigenvalue weighted by Crippen LogP contribution is 2.14. The molecule has 0 fully saturated rings. The zero-order chi connectivity index (χ0) is 22.1. The SMILES string of the molecule is Cc1cc(C)cc(NC(=O)COc2ccc(/C=N\NC(=O)C(=O)NC(C)C)cc2)c1. The number of carbonyl (C=O) groups excluding carboxylic acids is 3. The van der Waals surface area contributed by atoms with Gasteiger partial charge in [0.1, 0.15) is 5.75 Å². The molecule has 8 nitrogen and oxygen atoms in total. The second-order valence-corrected chi connectivity index (χ2v) is 7.11. The third-order valence-electron chi connectivity index (χ3n) is 3.76. The van der Waals surface area contributed by atoms with E-state index < -0.39 is 11.8 Å². The second kappa shape index (κ2) is 10.8. The van der Waals surface area contributed by atoms with Gasteiger partial charge >= 0.3 is 11.8 Å². The van der Waals surface area contributed by atoms with Crippen molar-refractivity contribution in [2.24, 2.45) is 5.10 Å². The van der Waals surface area contributed by atoms with Crippen molar-refractivity contribution in [3.8, 4) is 5.75 Å². The molecule has 2 rings (SSSR count). The molecule has 158 valence electrons. The summed E-state index contributed by atoms with van der Waals surface area (Å²) in [6, 6.07) is 12.5. The van der Waals surface area contributed by atoms with Gasteiger partial charge in [0.15, 0.2) is 6.61 Å². The van der Waals surface area contributed by atoms with Crippen LogP contribution in [0.1, 0.15) is 30.5 Å². The molecule has 0 saturated heterocycles. The minimum Gasteiger partial charge on any atom is -0.484 e. The summed E-state index contributed by atoms with van der Waals surface area (Å²) in [7, 11) is 0. The molecule has 8 heteroatoms. The molecule has 0 radical (unpaired) electrons. The van der Waals surface area contributed by atoms with Crippen LogP contribution in [-0.4, -0.2) is 36.6 Å². The molecule has 0 heterocycles. The number of rotatable bonds is 7. The van der Waals surface area contributed by atoms with Crippen LogP contribution in [0.2, 0.25) is 0 Å². The molecule has 30 heavy (non-hydrogen) atoms. The Morgan fingerprint density at radius 2 is 1.63 bits per heavy atom. The highest BCUT2D eigenvalue weighted by Gasteiger charge is 2.12. The summed E-state index contributed by atoms with van der Waals surface area (Å²) in [6.07, 6.45) is 1.40. The summed E-state index contributed by atoms with van der Waals surface area (Å²) in [6.45, 7) is 7.32. The van der Waals surface area contributed by atoms with Crippen molar-refractivity contribution in [1.29, 1.82) is 0 Å². The van der Waals surface area contributed by atoms with Gasteiger partial charge in [0.2, 0.25) is 0 Å². The van der Waals surface area contributed by atoms with Crippen molar-refractivity contribution in [1.82, 2.24) is 10.7 Å². The number of hydrazone groups is 1. The maximum absolute atomic E-state index is 12.1. The largest absolute Gasteiger partial charge is 0.484 e. The van der Waals surface area contributed by atoms with E-state index in [1.807, 2.05) is 32.0 Å². The summed E-state index contributed by atoms with van der Waals surface area (Å²) in [4.78, 5) is 35.1. The van der Waals surface area contributed by atoms with E-state index in [1.54, 1.807) is 38.1 Å². The molecule has 0 atom stereocenters. The Kier molecular flexibility index (Phi) is 8.10. The predicted octanol–water partition coefficient (Wildman–Crippen LogP) is 2.30. The first-order chi connectivity index (χ1) is 14.2. The van der Waals surface area contributed by atoms with Crippen molar-refractivity contribution in [3.63, 3.8) is 0 Å². The Morgan fingerprint density at radius 3 is 2.23 bits per heavy atom. The minimum absolute atomic E-state index is 0.124. The summed E-state index contributed by atoms with van der Waals surface area (Å²) >= 11 is 0. The van der Waals surface area contributed by atoms with Crippen molar-refractivity contribution < 1.29 is 19.1 Å². The van der Waals surface area contributed by atoms with Gasteiger partial charge in [-0.05, 0) is 80.8 Å². The summed E-state index contributed by atoms with van der Waals surface area (Å²) in [5.74, 6) is -1.32. The summed E-state index contributed by atoms with van der Waals surface area (Å²) in [5, 5.41) is 9.02. The number of anilines is 1. The fourth-order valence-electron chi connectivity index (χ4n) is 2.59. The van der Waals surface area contributed by atoms with Gasteiger partial charge in [-0.3, -0.25) is 14.4 Å². The summed E-state index contributed by atoms with van der Waals surface area (Å²) in [5.41, 5.74) is 5.72. The zero-order valence-electron chi connectivity index (χ0n) is 17.5. The monoisotopic (exact) mass is 410 g/mol. The van der Waals surface area contributed by atoms with Crippen LogP contribution in [0.25, 0.3) is 0 Å². The molecule has 0 spiro atoms. The molecule has 0 aliphatic heterocycles. The standard InChI is InChI=1S/C22H26N4O4/c1-14(2)24-21(28)22(29)26-23-12-17-5-7-19(8-6-17)30-13-20(27)25-18-10-15(3)9-16(4)11-18/h5-12,14H,13H2,1-4H3,(H,24,28)(H,25,27)(H,26,29)/b23-12-. The molecule has 2 aromatic carbocycles. The van der Waals surface area contributed by atoms with E-state index in [9.17, 15) is 14.4 Å². The molecule has 0 unspecified atom stereocenters. The average Bonchev–Trinajstić information content (AvgIpc) is 2.66. The highest BCUT2D eigenvalue weighted by atomic mass is 16.5. The second-order valence-electron chi connectivity index (χ2n) is 7.11. The van der Waals surface area contributed by atoms with Crippen LogP contribution in [0.3, 0.4) is 0 Å². The van der Waals surface area contributed by atoms with Crippen molar-refractivity contribution >= 4 is 29.6 Å². The number of hydrogen-bond donors (Lipinski definition) is 3. The lowest BCUT2D eigenvalue weighted by molar-refractivity contribution is -0.139. The third kappa shape index (κ3) is 7.75. The van der Waals surface area contributed by atoms with E-state index in [0.717, 1.165) is 16.8 Å². The first-order valence-corrected chi connectivity index (χ1v) is 9.48. The average molecular weight is 410 g/mol. The van der Waals surface area contributed by atoms with Gasteiger partial charge in [-0.25, -0.2) is 5.43 Å². The van der Waals surface area contributed by atoms with E-state index >= 15 is 0 Å². The smallest absolute Gasteiger partial charge is 0.329 e. The fourth-order valence-corrected chi connectivity index (χ4v) is 2.59.